The van der Waals surface area contributed by atoms with Crippen molar-refractivity contribution in [3.8, 4) is 0 Å². The quantitative estimate of drug-likeness (QED) is 0.357. The number of nitrogens with one attached hydrogen (secondary N) is 2. The van der Waals surface area contributed by atoms with Gasteiger partial charge >= 0.3 is 0 Å². The molecule has 0 atom stereocenters. The zero-order valence-electron chi connectivity index (χ0n) is 14.8. The first-order valence-electron chi connectivity index (χ1n) is 8.30. The minimum atomic E-state index is -0.617. The molecule has 29 heavy (non-hydrogen) atoms. The number of carbonyl (C=O) groups excluding carboxylic acids is 2. The number of hydrogen-bond acceptors (Lipinski definition) is 5. The molecule has 146 valence electrons. The van der Waals surface area contributed by atoms with Crippen LogP contribution >= 0.6 is 11.6 Å². The van der Waals surface area contributed by atoms with Crippen molar-refractivity contribution in [1.82, 2.24) is 5.32 Å². The van der Waals surface area contributed by atoms with E-state index in [0.29, 0.717) is 16.3 Å². The Kier molecular flexibility index (Phi) is 6.06. The van der Waals surface area contributed by atoms with E-state index >= 15 is 0 Å². The summed E-state index contributed by atoms with van der Waals surface area (Å²) in [5.41, 5.74) is 0.802. The van der Waals surface area contributed by atoms with Crippen molar-refractivity contribution < 1.29 is 18.9 Å². The summed E-state index contributed by atoms with van der Waals surface area (Å²) >= 11 is 5.87. The van der Waals surface area contributed by atoms with Gasteiger partial charge in [0.15, 0.2) is 5.76 Å². The number of furan rings is 1. The van der Waals surface area contributed by atoms with Gasteiger partial charge in [-0.3, -0.25) is 19.7 Å². The fourth-order valence-corrected chi connectivity index (χ4v) is 2.47. The first-order chi connectivity index (χ1) is 13.9. The highest BCUT2D eigenvalue weighted by Crippen LogP contribution is 2.17. The van der Waals surface area contributed by atoms with E-state index in [2.05, 4.69) is 10.6 Å². The molecule has 1 aromatic heterocycles. The number of hydrogen-bond donors (Lipinski definition) is 2. The van der Waals surface area contributed by atoms with Crippen LogP contribution in [0.15, 0.2) is 77.0 Å². The van der Waals surface area contributed by atoms with Gasteiger partial charge in [-0.05, 0) is 48.0 Å². The van der Waals surface area contributed by atoms with Crippen molar-refractivity contribution in [3.05, 3.63) is 99.1 Å². The maximum Gasteiger partial charge on any atom is 0.291 e. The molecular weight excluding hydrogens is 398 g/mol. The van der Waals surface area contributed by atoms with E-state index in [1.807, 2.05) is 0 Å². The van der Waals surface area contributed by atoms with Crippen LogP contribution in [0.5, 0.6) is 0 Å². The molecule has 0 unspecified atom stereocenters. The van der Waals surface area contributed by atoms with E-state index in [-0.39, 0.29) is 17.1 Å². The molecular formula is C20H14ClN3O5. The first-order valence-corrected chi connectivity index (χ1v) is 8.68. The molecule has 8 nitrogen and oxygen atoms in total. The van der Waals surface area contributed by atoms with Crippen LogP contribution in [0.2, 0.25) is 5.02 Å². The molecule has 2 N–H and O–H groups in total. The molecule has 0 saturated heterocycles. The fraction of sp³-hybridized carbons (Fsp3) is 0. The molecule has 2 amide bonds. The van der Waals surface area contributed by atoms with Gasteiger partial charge in [0.2, 0.25) is 0 Å². The average Bonchev–Trinajstić information content (AvgIpc) is 3.24. The summed E-state index contributed by atoms with van der Waals surface area (Å²) in [6, 6.07) is 15.0. The van der Waals surface area contributed by atoms with Crippen molar-refractivity contribution in [3.63, 3.8) is 0 Å². The molecule has 0 fully saturated rings. The highest BCUT2D eigenvalue weighted by molar-refractivity contribution is 6.30. The van der Waals surface area contributed by atoms with Crippen LogP contribution in [0, 0.1) is 10.1 Å². The number of anilines is 1. The topological polar surface area (TPSA) is 114 Å². The predicted molar refractivity (Wildman–Crippen MR) is 107 cm³/mol. The smallest absolute Gasteiger partial charge is 0.291 e. The van der Waals surface area contributed by atoms with Crippen molar-refractivity contribution in [2.75, 3.05) is 5.32 Å². The van der Waals surface area contributed by atoms with Gasteiger partial charge in [0.25, 0.3) is 17.5 Å². The minimum Gasteiger partial charge on any atom is -0.459 e. The highest BCUT2D eigenvalue weighted by Gasteiger charge is 2.17. The Bertz CT molecular complexity index is 1060. The molecule has 0 aliphatic heterocycles. The third-order valence-electron chi connectivity index (χ3n) is 3.75. The molecule has 2 aromatic carbocycles. The summed E-state index contributed by atoms with van der Waals surface area (Å²) in [7, 11) is 0. The third kappa shape index (κ3) is 5.30. The maximum absolute atomic E-state index is 12.7. The number of carbonyl (C=O) groups is 2. The first kappa shape index (κ1) is 19.8. The summed E-state index contributed by atoms with van der Waals surface area (Å²) in [4.78, 5) is 35.2. The summed E-state index contributed by atoms with van der Waals surface area (Å²) < 4.78 is 5.04. The van der Waals surface area contributed by atoms with E-state index in [1.54, 1.807) is 30.3 Å². The molecule has 0 bridgehead atoms. The largest absolute Gasteiger partial charge is 0.459 e. The second-order valence-corrected chi connectivity index (χ2v) is 6.24. The van der Waals surface area contributed by atoms with Gasteiger partial charge in [-0.25, -0.2) is 0 Å². The lowest BCUT2D eigenvalue weighted by Gasteiger charge is -2.10. The lowest BCUT2D eigenvalue weighted by atomic mass is 10.2. The van der Waals surface area contributed by atoms with E-state index in [0.717, 1.165) is 0 Å². The Morgan fingerprint density at radius 3 is 2.31 bits per heavy atom. The van der Waals surface area contributed by atoms with Gasteiger partial charge in [0, 0.05) is 22.8 Å². The second kappa shape index (κ2) is 8.85. The van der Waals surface area contributed by atoms with Crippen LogP contribution in [-0.4, -0.2) is 16.7 Å². The van der Waals surface area contributed by atoms with E-state index in [1.165, 1.54) is 42.7 Å². The second-order valence-electron chi connectivity index (χ2n) is 5.80. The monoisotopic (exact) mass is 411 g/mol. The minimum absolute atomic E-state index is 0.0372. The summed E-state index contributed by atoms with van der Waals surface area (Å²) in [6.45, 7) is 0. The van der Waals surface area contributed by atoms with Gasteiger partial charge in [-0.2, -0.15) is 0 Å². The fourth-order valence-electron chi connectivity index (χ4n) is 2.34. The van der Waals surface area contributed by atoms with Crippen molar-refractivity contribution >= 4 is 40.9 Å². The van der Waals surface area contributed by atoms with Crippen LogP contribution in [0.4, 0.5) is 11.4 Å². The van der Waals surface area contributed by atoms with Crippen LogP contribution in [0.3, 0.4) is 0 Å². The lowest BCUT2D eigenvalue weighted by Crippen LogP contribution is -2.30. The van der Waals surface area contributed by atoms with Crippen molar-refractivity contribution in [2.24, 2.45) is 0 Å². The third-order valence-corrected chi connectivity index (χ3v) is 4.01. The number of rotatable bonds is 6. The number of non-ortho nitro benzene ring substituents is 1. The Labute approximate surface area is 169 Å². The van der Waals surface area contributed by atoms with Crippen LogP contribution in [-0.2, 0) is 4.79 Å². The predicted octanol–water partition coefficient (Wildman–Crippen LogP) is 4.25. The number of amides is 2. The molecule has 0 spiro atoms. The Morgan fingerprint density at radius 1 is 1.03 bits per heavy atom. The number of nitro benzene ring substituents is 1. The number of benzene rings is 2. The molecule has 3 aromatic rings. The molecule has 3 rings (SSSR count). The van der Waals surface area contributed by atoms with Gasteiger partial charge in [0.05, 0.1) is 11.2 Å². The molecule has 0 saturated carbocycles. The van der Waals surface area contributed by atoms with E-state index in [9.17, 15) is 19.7 Å². The lowest BCUT2D eigenvalue weighted by molar-refractivity contribution is -0.384. The van der Waals surface area contributed by atoms with Gasteiger partial charge in [-0.1, -0.05) is 23.7 Å². The van der Waals surface area contributed by atoms with E-state index in [4.69, 9.17) is 16.0 Å². The number of nitrogens with zero attached hydrogens (tertiary/aromatic N) is 1. The van der Waals surface area contributed by atoms with Gasteiger partial charge in [0.1, 0.15) is 5.70 Å². The molecule has 9 heteroatoms. The van der Waals surface area contributed by atoms with Crippen molar-refractivity contribution in [1.29, 1.82) is 0 Å². The zero-order chi connectivity index (χ0) is 20.8. The summed E-state index contributed by atoms with van der Waals surface area (Å²) in [5, 5.41) is 16.4. The zero-order valence-corrected chi connectivity index (χ0v) is 15.6. The van der Waals surface area contributed by atoms with Crippen LogP contribution in [0.1, 0.15) is 16.1 Å². The van der Waals surface area contributed by atoms with Gasteiger partial charge < -0.3 is 15.1 Å². The van der Waals surface area contributed by atoms with Crippen molar-refractivity contribution in [2.45, 2.75) is 0 Å². The number of halogens is 1. The Hall–Kier alpha value is -3.91. The maximum atomic E-state index is 12.7. The molecule has 1 heterocycles. The molecule has 0 aliphatic carbocycles. The normalized spacial score (nSPS) is 11.0. The SMILES string of the molecule is O=C(Nc1ccc([N+](=O)[O-])cc1)C(=Cc1ccc(Cl)cc1)NC(=O)c1ccco1. The molecule has 0 radical (unpaired) electrons. The Balaban J connectivity index is 1.84. The van der Waals surface area contributed by atoms with E-state index < -0.39 is 16.7 Å². The average molecular weight is 412 g/mol. The van der Waals surface area contributed by atoms with Crippen LogP contribution in [0.25, 0.3) is 6.08 Å². The molecule has 0 aliphatic rings. The summed E-state index contributed by atoms with van der Waals surface area (Å²) in [6.07, 6.45) is 2.81. The Morgan fingerprint density at radius 2 is 1.72 bits per heavy atom. The van der Waals surface area contributed by atoms with Gasteiger partial charge in [-0.15, -0.1) is 0 Å². The highest BCUT2D eigenvalue weighted by atomic mass is 35.5. The van der Waals surface area contributed by atoms with Crippen LogP contribution < -0.4 is 10.6 Å². The summed E-state index contributed by atoms with van der Waals surface area (Å²) in [5.74, 6) is -1.18. The number of nitro groups is 1. The standard InChI is InChI=1S/C20H14ClN3O5/c21-14-5-3-13(4-6-14)12-17(23-20(26)18-2-1-11-29-18)19(25)22-15-7-9-16(10-8-15)24(27)28/h1-12H,(H,22,25)(H,23,26).